The number of carbonyl (C=O) groups is 4. The molecule has 5 aromatic carbocycles. The van der Waals surface area contributed by atoms with Crippen LogP contribution in [0.25, 0.3) is 0 Å². The molecule has 3 amide bonds. The number of carbonyl (C=O) groups excluding carboxylic acids is 4. The van der Waals surface area contributed by atoms with Crippen LogP contribution in [0.3, 0.4) is 0 Å². The van der Waals surface area contributed by atoms with E-state index in [0.29, 0.717) is 28.0 Å². The fourth-order valence-corrected chi connectivity index (χ4v) is 10.2. The Morgan fingerprint density at radius 3 is 2.28 bits per heavy atom. The molecule has 2 N–H and O–H groups in total. The number of hydrogen-bond donors (Lipinski definition) is 2. The number of anilines is 1. The number of allylic oxidation sites excluding steroid dienone is 2. The zero-order valence-electron chi connectivity index (χ0n) is 37.0. The molecule has 6 atom stereocenters. The number of morpholine rings is 1. The number of aliphatic hydroxyl groups excluding tert-OH is 1. The second-order valence-electron chi connectivity index (χ2n) is 17.0. The molecular formula is C54H48N4O10. The van der Waals surface area contributed by atoms with Gasteiger partial charge in [0.1, 0.15) is 36.5 Å². The Bertz CT molecular complexity index is 2840. The maximum atomic E-state index is 16.4. The van der Waals surface area contributed by atoms with Gasteiger partial charge in [-0.3, -0.25) is 29.4 Å². The van der Waals surface area contributed by atoms with Gasteiger partial charge in [-0.25, -0.2) is 9.69 Å². The lowest BCUT2D eigenvalue weighted by atomic mass is 9.65. The minimum atomic E-state index is -2.05. The number of ether oxygens (including phenoxy) is 3. The number of cyclic esters (lactones) is 1. The Labute approximate surface area is 393 Å². The smallest absolute Gasteiger partial charge is 0.421 e. The number of hydrogen-bond acceptors (Lipinski definition) is 11. The highest BCUT2D eigenvalue weighted by Crippen LogP contribution is 2.66. The van der Waals surface area contributed by atoms with Crippen molar-refractivity contribution in [1.82, 2.24) is 10.2 Å². The van der Waals surface area contributed by atoms with Crippen LogP contribution < -0.4 is 15.0 Å². The number of non-ortho nitro benzene ring substituents is 1. The maximum Gasteiger partial charge on any atom is 0.421 e. The highest BCUT2D eigenvalue weighted by Gasteiger charge is 2.75. The fraction of sp³-hybridized carbons (Fsp3) is 0.259. The molecule has 0 radical (unpaired) electrons. The van der Waals surface area contributed by atoms with Gasteiger partial charge in [0.15, 0.2) is 0 Å². The number of esters is 1. The van der Waals surface area contributed by atoms with Crippen LogP contribution >= 0.6 is 0 Å². The summed E-state index contributed by atoms with van der Waals surface area (Å²) in [6, 6.07) is 32.8. The van der Waals surface area contributed by atoms with Crippen LogP contribution in [-0.4, -0.2) is 64.6 Å². The second-order valence-corrected chi connectivity index (χ2v) is 17.0. The van der Waals surface area contributed by atoms with Crippen molar-refractivity contribution in [1.29, 1.82) is 0 Å². The monoisotopic (exact) mass is 912 g/mol. The highest BCUT2D eigenvalue weighted by atomic mass is 16.6. The Kier molecular flexibility index (Phi) is 13.0. The normalized spacial score (nSPS) is 22.8. The maximum absolute atomic E-state index is 16.4. The molecule has 1 aliphatic carbocycles. The van der Waals surface area contributed by atoms with Crippen molar-refractivity contribution in [2.75, 3.05) is 24.7 Å². The molecule has 0 saturated carbocycles. The van der Waals surface area contributed by atoms with Crippen molar-refractivity contribution in [2.24, 2.45) is 5.92 Å². The topological polar surface area (TPSA) is 178 Å². The van der Waals surface area contributed by atoms with Gasteiger partial charge in [0, 0.05) is 24.2 Å². The number of benzene rings is 5. The van der Waals surface area contributed by atoms with Gasteiger partial charge in [-0.15, -0.1) is 6.58 Å². The van der Waals surface area contributed by atoms with Gasteiger partial charge in [0.25, 0.3) is 5.69 Å². The Morgan fingerprint density at radius 1 is 0.897 bits per heavy atom. The third-order valence-corrected chi connectivity index (χ3v) is 13.1. The third-order valence-electron chi connectivity index (χ3n) is 13.1. The summed E-state index contributed by atoms with van der Waals surface area (Å²) in [5, 5.41) is 23.9. The summed E-state index contributed by atoms with van der Waals surface area (Å²) in [5.74, 6) is 3.28. The van der Waals surface area contributed by atoms with Gasteiger partial charge in [-0.1, -0.05) is 96.8 Å². The van der Waals surface area contributed by atoms with Crippen molar-refractivity contribution in [3.63, 3.8) is 0 Å². The average molecular weight is 913 g/mol. The molecule has 0 unspecified atom stereocenters. The molecule has 3 aliphatic heterocycles. The second kappa shape index (κ2) is 19.5. The van der Waals surface area contributed by atoms with E-state index in [-0.39, 0.29) is 43.3 Å². The largest absolute Gasteiger partial charge is 0.491 e. The number of amides is 3. The minimum absolute atomic E-state index is 0.00778. The first-order valence-corrected chi connectivity index (χ1v) is 22.6. The van der Waals surface area contributed by atoms with Gasteiger partial charge in [-0.05, 0) is 102 Å². The Balaban J connectivity index is 1.30. The van der Waals surface area contributed by atoms with Crippen LogP contribution in [0.2, 0.25) is 0 Å². The number of nitro benzene ring substituents is 1. The molecule has 14 heteroatoms. The van der Waals surface area contributed by atoms with Crippen molar-refractivity contribution in [3.8, 4) is 17.6 Å². The van der Waals surface area contributed by atoms with E-state index < -0.39 is 64.4 Å². The predicted molar refractivity (Wildman–Crippen MR) is 251 cm³/mol. The van der Waals surface area contributed by atoms with E-state index in [1.54, 1.807) is 42.5 Å². The van der Waals surface area contributed by atoms with Gasteiger partial charge < -0.3 is 24.6 Å². The molecule has 9 rings (SSSR count). The molecule has 14 nitrogen and oxygen atoms in total. The summed E-state index contributed by atoms with van der Waals surface area (Å²) >= 11 is 0. The summed E-state index contributed by atoms with van der Waals surface area (Å²) in [4.78, 5) is 75.4. The minimum Gasteiger partial charge on any atom is -0.491 e. The first-order chi connectivity index (χ1) is 33.1. The van der Waals surface area contributed by atoms with Crippen LogP contribution in [0.5, 0.6) is 5.75 Å². The van der Waals surface area contributed by atoms with Crippen LogP contribution in [-0.2, 0) is 35.9 Å². The van der Waals surface area contributed by atoms with Crippen LogP contribution in [0.4, 0.5) is 16.2 Å². The van der Waals surface area contributed by atoms with E-state index in [4.69, 9.17) is 14.2 Å². The first-order valence-electron chi connectivity index (χ1n) is 22.6. The number of nitro groups is 1. The summed E-state index contributed by atoms with van der Waals surface area (Å²) in [7, 11) is 0. The molecule has 4 aliphatic rings. The van der Waals surface area contributed by atoms with Gasteiger partial charge in [-0.2, -0.15) is 0 Å². The van der Waals surface area contributed by atoms with Gasteiger partial charge in [0.2, 0.25) is 11.8 Å². The molecule has 344 valence electrons. The van der Waals surface area contributed by atoms with Crippen molar-refractivity contribution >= 4 is 35.3 Å². The number of nitrogens with one attached hydrogen (secondary N) is 1. The molecule has 5 aromatic rings. The molecule has 0 bridgehead atoms. The number of aliphatic hydroxyl groups is 1. The number of fused-ring (bicyclic) bond motifs is 3. The van der Waals surface area contributed by atoms with Crippen LogP contribution in [0.1, 0.15) is 77.3 Å². The summed E-state index contributed by atoms with van der Waals surface area (Å²) < 4.78 is 18.2. The van der Waals surface area contributed by atoms with Gasteiger partial charge in [0.05, 0.1) is 35.2 Å². The van der Waals surface area contributed by atoms with E-state index >= 15 is 14.4 Å². The third kappa shape index (κ3) is 8.31. The lowest BCUT2D eigenvalue weighted by Crippen LogP contribution is -2.55. The number of rotatable bonds is 12. The van der Waals surface area contributed by atoms with Gasteiger partial charge >= 0.3 is 12.1 Å². The van der Waals surface area contributed by atoms with Crippen LogP contribution in [0.15, 0.2) is 152 Å². The summed E-state index contributed by atoms with van der Waals surface area (Å²) in [6.07, 6.45) is 5.44. The lowest BCUT2D eigenvalue weighted by Gasteiger charge is -2.46. The molecule has 3 heterocycles. The van der Waals surface area contributed by atoms with Crippen LogP contribution in [0, 0.1) is 27.9 Å². The van der Waals surface area contributed by atoms with E-state index in [1.807, 2.05) is 65.6 Å². The fourth-order valence-electron chi connectivity index (χ4n) is 10.2. The molecule has 2 fully saturated rings. The zero-order chi connectivity index (χ0) is 47.4. The number of nitrogens with zero attached hydrogens (tertiary/aromatic N) is 3. The SMILES string of the molecule is C=CCNC(=O)[C@@H]1[C@H]2C(=O)O[C@H](c3ccccc3)[C@H](c3ccccc3)N2[C@H](c2ccc(OCCO)cc2)[C@@]12C(=O)N(C(=O)OCc1ccc([N+](=O)[O-])cc1)c1ccc(C#CC3=CCCCC3)cc12. The van der Waals surface area contributed by atoms with E-state index in [9.17, 15) is 20.0 Å². The first kappa shape index (κ1) is 45.3. The zero-order valence-corrected chi connectivity index (χ0v) is 37.0. The quantitative estimate of drug-likeness (QED) is 0.0406. The molecular weight excluding hydrogens is 865 g/mol. The summed E-state index contributed by atoms with van der Waals surface area (Å²) in [6.45, 7) is 3.26. The predicted octanol–water partition coefficient (Wildman–Crippen LogP) is 8.12. The van der Waals surface area contributed by atoms with Crippen molar-refractivity contribution < 1.29 is 43.4 Å². The Hall–Kier alpha value is -7.86. The van der Waals surface area contributed by atoms with Crippen molar-refractivity contribution in [2.45, 2.75) is 61.9 Å². The molecule has 0 aromatic heterocycles. The number of imide groups is 1. The van der Waals surface area contributed by atoms with E-state index in [0.717, 1.165) is 41.7 Å². The van der Waals surface area contributed by atoms with Crippen molar-refractivity contribution in [3.05, 3.63) is 195 Å². The van der Waals surface area contributed by atoms with E-state index in [1.165, 1.54) is 30.3 Å². The molecule has 1 spiro atoms. The van der Waals surface area contributed by atoms with E-state index in [2.05, 4.69) is 29.8 Å². The average Bonchev–Trinajstić information content (AvgIpc) is 3.83. The lowest BCUT2D eigenvalue weighted by molar-refractivity contribution is -0.384. The highest BCUT2D eigenvalue weighted by molar-refractivity contribution is 6.23. The molecule has 68 heavy (non-hydrogen) atoms. The molecule has 2 saturated heterocycles. The standard InChI is InChI=1S/C54H48N4O10/c1-2-30-55-50(60)45-47-51(61)68-48(39-16-10-5-11-17-39)46(38-14-8-4-9-15-38)57(47)49(40-23-27-42(28-24-40)66-32-31-59)54(45)43-33-36(19-18-35-12-6-3-7-13-35)22-29-44(43)56(52(54)62)53(63)67-34-37-20-25-41(26-21-37)58(64)65/h2,4-5,8-12,14-17,20-29,33,45-49,59H,1,3,6-7,13,30-32,34H2,(H,55,60)/t45-,46-,47-,48+,49+,54-/m0/s1. The Morgan fingerprint density at radius 2 is 1.62 bits per heavy atom. The summed E-state index contributed by atoms with van der Waals surface area (Å²) in [5.41, 5.74) is 2.05.